The highest BCUT2D eigenvalue weighted by Gasteiger charge is 2.33. The van der Waals surface area contributed by atoms with Gasteiger partial charge in [-0.2, -0.15) is 10.2 Å². The van der Waals surface area contributed by atoms with Crippen molar-refractivity contribution >= 4 is 11.6 Å². The Morgan fingerprint density at radius 2 is 2.08 bits per heavy atom. The Kier molecular flexibility index (Phi) is 4.97. The highest BCUT2D eigenvalue weighted by molar-refractivity contribution is 5.76. The number of piperazine rings is 1. The zero-order chi connectivity index (χ0) is 17.0. The maximum atomic E-state index is 12.4. The number of hydrogen-bond acceptors (Lipinski definition) is 7. The number of carbonyl (C=O) groups excluding carboxylic acids is 1. The van der Waals surface area contributed by atoms with Gasteiger partial charge in [0.15, 0.2) is 5.72 Å². The molecule has 0 aliphatic carbocycles. The second kappa shape index (κ2) is 7.15. The second-order valence-corrected chi connectivity index (χ2v) is 6.12. The fourth-order valence-electron chi connectivity index (χ4n) is 2.91. The minimum absolute atomic E-state index is 0.0988. The van der Waals surface area contributed by atoms with Crippen molar-refractivity contribution in [2.75, 3.05) is 31.1 Å². The molecule has 3 rings (SSSR count). The Morgan fingerprint density at radius 3 is 2.75 bits per heavy atom. The summed E-state index contributed by atoms with van der Waals surface area (Å²) < 4.78 is 0. The molecule has 8 nitrogen and oxygen atoms in total. The Morgan fingerprint density at radius 1 is 1.33 bits per heavy atom. The van der Waals surface area contributed by atoms with Crippen LogP contribution in [-0.4, -0.2) is 42.7 Å². The van der Waals surface area contributed by atoms with E-state index in [0.29, 0.717) is 31.5 Å². The Labute approximate surface area is 140 Å². The van der Waals surface area contributed by atoms with E-state index in [1.807, 2.05) is 36.1 Å². The van der Waals surface area contributed by atoms with Crippen LogP contribution in [-0.2, 0) is 14.6 Å². The third-order valence-corrected chi connectivity index (χ3v) is 4.39. The summed E-state index contributed by atoms with van der Waals surface area (Å²) in [5.41, 5.74) is 5.89. The third kappa shape index (κ3) is 3.66. The first-order valence-electron chi connectivity index (χ1n) is 7.99. The minimum atomic E-state index is -0.691. The van der Waals surface area contributed by atoms with Crippen LogP contribution in [0.5, 0.6) is 0 Å². The van der Waals surface area contributed by atoms with Crippen LogP contribution < -0.4 is 16.0 Å². The average Bonchev–Trinajstić information content (AvgIpc) is 3.07. The normalized spacial score (nSPS) is 24.0. The smallest absolute Gasteiger partial charge is 0.222 e. The quantitative estimate of drug-likeness (QED) is 0.838. The molecule has 1 amide bonds. The first-order chi connectivity index (χ1) is 11.6. The molecule has 2 aliphatic rings. The number of anilines is 1. The molecular weight excluding hydrogens is 310 g/mol. The number of hydroxylamine groups is 1. The molecule has 8 heteroatoms. The molecule has 0 spiro atoms. The van der Waals surface area contributed by atoms with Crippen LogP contribution >= 0.6 is 0 Å². The van der Waals surface area contributed by atoms with Gasteiger partial charge in [-0.05, 0) is 19.1 Å². The number of rotatable bonds is 4. The average molecular weight is 331 g/mol. The summed E-state index contributed by atoms with van der Waals surface area (Å²) in [5.74, 6) is 0.0988. The van der Waals surface area contributed by atoms with E-state index in [2.05, 4.69) is 22.1 Å². The van der Waals surface area contributed by atoms with Gasteiger partial charge in [-0.15, -0.1) is 5.48 Å². The fraction of sp³-hybridized carbons (Fsp3) is 0.500. The number of nitriles is 1. The molecule has 2 N–H and O–H groups in total. The molecule has 1 atom stereocenters. The van der Waals surface area contributed by atoms with E-state index >= 15 is 0 Å². The van der Waals surface area contributed by atoms with Crippen molar-refractivity contribution in [2.45, 2.75) is 25.5 Å². The van der Waals surface area contributed by atoms with Crippen LogP contribution in [0.1, 0.15) is 25.3 Å². The van der Waals surface area contributed by atoms with E-state index in [1.165, 1.54) is 0 Å². The van der Waals surface area contributed by atoms with Crippen LogP contribution in [0.2, 0.25) is 0 Å². The molecule has 128 valence electrons. The number of nitrogens with one attached hydrogen (secondary N) is 2. The van der Waals surface area contributed by atoms with Gasteiger partial charge in [0.2, 0.25) is 5.91 Å². The number of amides is 1. The van der Waals surface area contributed by atoms with Gasteiger partial charge in [0.05, 0.1) is 11.3 Å². The van der Waals surface area contributed by atoms with Gasteiger partial charge in [-0.25, -0.2) is 0 Å². The Balaban J connectivity index is 1.51. The maximum Gasteiger partial charge on any atom is 0.222 e. The first-order valence-corrected chi connectivity index (χ1v) is 7.99. The SMILES string of the molecule is CC1(CCC(=O)N2CCN(c3ccccc3C#N)CC2)NONO1. The lowest BCUT2D eigenvalue weighted by Crippen LogP contribution is -2.49. The summed E-state index contributed by atoms with van der Waals surface area (Å²) in [6.07, 6.45) is 0.889. The summed E-state index contributed by atoms with van der Waals surface area (Å²) in [4.78, 5) is 26.3. The monoisotopic (exact) mass is 331 g/mol. The highest BCUT2D eigenvalue weighted by atomic mass is 17.0. The molecule has 2 aliphatic heterocycles. The predicted molar refractivity (Wildman–Crippen MR) is 86.0 cm³/mol. The molecule has 0 aromatic heterocycles. The molecule has 1 aromatic carbocycles. The molecule has 24 heavy (non-hydrogen) atoms. The van der Waals surface area contributed by atoms with Gasteiger partial charge in [0.25, 0.3) is 0 Å². The van der Waals surface area contributed by atoms with Crippen LogP contribution in [0.4, 0.5) is 5.69 Å². The van der Waals surface area contributed by atoms with Gasteiger partial charge in [0, 0.05) is 39.0 Å². The van der Waals surface area contributed by atoms with Crippen LogP contribution in [0.3, 0.4) is 0 Å². The summed E-state index contributed by atoms with van der Waals surface area (Å²) in [5, 5.41) is 9.21. The van der Waals surface area contributed by atoms with Crippen molar-refractivity contribution in [3.05, 3.63) is 29.8 Å². The van der Waals surface area contributed by atoms with E-state index in [4.69, 9.17) is 9.78 Å². The van der Waals surface area contributed by atoms with Gasteiger partial charge in [0.1, 0.15) is 6.07 Å². The van der Waals surface area contributed by atoms with E-state index in [-0.39, 0.29) is 5.91 Å². The summed E-state index contributed by atoms with van der Waals surface area (Å²) in [6.45, 7) is 4.57. The number of benzene rings is 1. The number of para-hydroxylation sites is 1. The third-order valence-electron chi connectivity index (χ3n) is 4.39. The molecule has 1 unspecified atom stereocenters. The van der Waals surface area contributed by atoms with E-state index in [0.717, 1.165) is 18.8 Å². The van der Waals surface area contributed by atoms with Gasteiger partial charge >= 0.3 is 0 Å². The second-order valence-electron chi connectivity index (χ2n) is 6.12. The van der Waals surface area contributed by atoms with Gasteiger partial charge in [-0.3, -0.25) is 9.63 Å². The maximum absolute atomic E-state index is 12.4. The lowest BCUT2D eigenvalue weighted by molar-refractivity contribution is -0.135. The van der Waals surface area contributed by atoms with Crippen LogP contribution in [0.15, 0.2) is 24.3 Å². The fourth-order valence-corrected chi connectivity index (χ4v) is 2.91. The zero-order valence-corrected chi connectivity index (χ0v) is 13.6. The van der Waals surface area contributed by atoms with E-state index in [9.17, 15) is 10.1 Å². The van der Waals surface area contributed by atoms with Crippen molar-refractivity contribution in [3.63, 3.8) is 0 Å². The van der Waals surface area contributed by atoms with Crippen molar-refractivity contribution in [1.82, 2.24) is 16.0 Å². The molecule has 0 saturated carbocycles. The Bertz CT molecular complexity index is 631. The van der Waals surface area contributed by atoms with Gasteiger partial charge < -0.3 is 9.80 Å². The number of nitrogens with zero attached hydrogens (tertiary/aromatic N) is 3. The molecule has 0 bridgehead atoms. The molecule has 1 aromatic rings. The van der Waals surface area contributed by atoms with Crippen molar-refractivity contribution in [1.29, 1.82) is 5.26 Å². The molecule has 0 radical (unpaired) electrons. The molecule has 2 saturated heterocycles. The zero-order valence-electron chi connectivity index (χ0n) is 13.6. The van der Waals surface area contributed by atoms with Crippen molar-refractivity contribution in [2.24, 2.45) is 0 Å². The summed E-state index contributed by atoms with van der Waals surface area (Å²) in [6, 6.07) is 9.78. The van der Waals surface area contributed by atoms with E-state index in [1.54, 1.807) is 0 Å². The van der Waals surface area contributed by atoms with E-state index < -0.39 is 5.72 Å². The Hall–Kier alpha value is -2.18. The molecular formula is C16H21N5O3. The predicted octanol–water partition coefficient (Wildman–Crippen LogP) is 0.674. The number of carbonyl (C=O) groups is 1. The molecule has 2 heterocycles. The standard InChI is InChI=1S/C16H21N5O3/c1-16(18-24-19-23-16)7-6-15(22)21-10-8-20(9-11-21)14-5-3-2-4-13(14)12-17/h2-5,18-19H,6-11H2,1H3. The largest absolute Gasteiger partial charge is 0.367 e. The topological polar surface area (TPSA) is 89.9 Å². The molecule has 2 fully saturated rings. The first kappa shape index (κ1) is 16.7. The summed E-state index contributed by atoms with van der Waals surface area (Å²) in [7, 11) is 0. The number of hydrogen-bond donors (Lipinski definition) is 2. The van der Waals surface area contributed by atoms with Crippen LogP contribution in [0, 0.1) is 11.3 Å². The van der Waals surface area contributed by atoms with Gasteiger partial charge in [-0.1, -0.05) is 17.8 Å². The van der Waals surface area contributed by atoms with Crippen LogP contribution in [0.25, 0.3) is 0 Å². The lowest BCUT2D eigenvalue weighted by Gasteiger charge is -2.36. The van der Waals surface area contributed by atoms with Crippen molar-refractivity contribution < 1.29 is 14.6 Å². The highest BCUT2D eigenvalue weighted by Crippen LogP contribution is 2.22. The minimum Gasteiger partial charge on any atom is -0.367 e. The van der Waals surface area contributed by atoms with Crippen molar-refractivity contribution in [3.8, 4) is 6.07 Å². The lowest BCUT2D eigenvalue weighted by atomic mass is 10.1. The summed E-state index contributed by atoms with van der Waals surface area (Å²) >= 11 is 0.